The molecule has 1 unspecified atom stereocenters. The normalized spacial score (nSPS) is 12.6. The van der Waals surface area contributed by atoms with Gasteiger partial charge in [0, 0.05) is 33.8 Å². The Bertz CT molecular complexity index is 967. The highest BCUT2D eigenvalue weighted by Gasteiger charge is 2.20. The molecule has 2 rings (SSSR count). The number of nitrogens with one attached hydrogen (secondary N) is 2. The Hall–Kier alpha value is -2.05. The number of halogens is 1. The van der Waals surface area contributed by atoms with Gasteiger partial charge in [-0.15, -0.1) is 24.0 Å². The van der Waals surface area contributed by atoms with Gasteiger partial charge in [0.1, 0.15) is 17.6 Å². The molecule has 0 radical (unpaired) electrons. The zero-order chi connectivity index (χ0) is 22.1. The third kappa shape index (κ3) is 7.86. The number of benzene rings is 2. The number of ether oxygens (including phenoxy) is 2. The highest BCUT2D eigenvalue weighted by molar-refractivity contribution is 14.0. The highest BCUT2D eigenvalue weighted by atomic mass is 127. The number of guanidine groups is 1. The van der Waals surface area contributed by atoms with Crippen LogP contribution < -0.4 is 20.1 Å². The van der Waals surface area contributed by atoms with Gasteiger partial charge in [0.15, 0.2) is 5.96 Å². The summed E-state index contributed by atoms with van der Waals surface area (Å²) in [6.45, 7) is 2.77. The van der Waals surface area contributed by atoms with Gasteiger partial charge in [0.2, 0.25) is 10.0 Å². The summed E-state index contributed by atoms with van der Waals surface area (Å²) < 4.78 is 37.4. The predicted molar refractivity (Wildman–Crippen MR) is 134 cm³/mol. The molecule has 0 aromatic heterocycles. The van der Waals surface area contributed by atoms with E-state index in [9.17, 15) is 8.42 Å². The van der Waals surface area contributed by atoms with Crippen LogP contribution in [-0.4, -0.2) is 59.6 Å². The van der Waals surface area contributed by atoms with Crippen molar-refractivity contribution in [2.75, 3.05) is 34.8 Å². The highest BCUT2D eigenvalue weighted by Crippen LogP contribution is 2.20. The van der Waals surface area contributed by atoms with Crippen molar-refractivity contribution < 1.29 is 17.9 Å². The Balaban J connectivity index is 0.00000480. The fourth-order valence-electron chi connectivity index (χ4n) is 2.69. The molecule has 0 heterocycles. The van der Waals surface area contributed by atoms with Crippen LogP contribution in [0.25, 0.3) is 0 Å². The van der Waals surface area contributed by atoms with E-state index in [1.54, 1.807) is 32.4 Å². The van der Waals surface area contributed by atoms with Gasteiger partial charge in [-0.3, -0.25) is 4.99 Å². The summed E-state index contributed by atoms with van der Waals surface area (Å²) in [6.07, 6.45) is -0.128. The molecule has 2 N–H and O–H groups in total. The number of hydrogen-bond acceptors (Lipinski definition) is 5. The summed E-state index contributed by atoms with van der Waals surface area (Å²) in [6, 6.07) is 14.3. The van der Waals surface area contributed by atoms with Crippen molar-refractivity contribution in [3.8, 4) is 11.5 Å². The van der Waals surface area contributed by atoms with Crippen molar-refractivity contribution in [2.24, 2.45) is 4.99 Å². The smallest absolute Gasteiger partial charge is 0.242 e. The van der Waals surface area contributed by atoms with Crippen LogP contribution in [0.3, 0.4) is 0 Å². The molecule has 0 aliphatic carbocycles. The number of methoxy groups -OCH3 is 1. The van der Waals surface area contributed by atoms with Crippen molar-refractivity contribution in [3.05, 3.63) is 54.1 Å². The van der Waals surface area contributed by atoms with Gasteiger partial charge in [-0.1, -0.05) is 24.3 Å². The van der Waals surface area contributed by atoms with Gasteiger partial charge in [-0.25, -0.2) is 12.7 Å². The predicted octanol–water partition coefficient (Wildman–Crippen LogP) is 2.70. The Kier molecular flexibility index (Phi) is 11.1. The second-order valence-corrected chi connectivity index (χ2v) is 8.93. The Morgan fingerprint density at radius 3 is 2.42 bits per heavy atom. The number of nitrogens with zero attached hydrogens (tertiary/aromatic N) is 2. The molecular weight excluding hydrogens is 531 g/mol. The van der Waals surface area contributed by atoms with Crippen LogP contribution in [0.15, 0.2) is 58.4 Å². The second kappa shape index (κ2) is 12.7. The van der Waals surface area contributed by atoms with Crippen molar-refractivity contribution in [1.82, 2.24) is 14.9 Å². The van der Waals surface area contributed by atoms with Crippen molar-refractivity contribution in [3.63, 3.8) is 0 Å². The summed E-state index contributed by atoms with van der Waals surface area (Å²) in [5.74, 6) is 2.00. The van der Waals surface area contributed by atoms with Crippen LogP contribution >= 0.6 is 24.0 Å². The van der Waals surface area contributed by atoms with Gasteiger partial charge in [-0.2, -0.15) is 0 Å². The fourth-order valence-corrected chi connectivity index (χ4v) is 3.80. The van der Waals surface area contributed by atoms with Crippen LogP contribution in [0.4, 0.5) is 0 Å². The molecule has 2 aromatic carbocycles. The second-order valence-electron chi connectivity index (χ2n) is 6.81. The van der Waals surface area contributed by atoms with Crippen molar-refractivity contribution in [2.45, 2.75) is 24.5 Å². The van der Waals surface area contributed by atoms with E-state index in [0.717, 1.165) is 11.5 Å². The first-order valence-corrected chi connectivity index (χ1v) is 11.0. The van der Waals surface area contributed by atoms with Crippen LogP contribution in [0, 0.1) is 0 Å². The van der Waals surface area contributed by atoms with Crippen molar-refractivity contribution >= 4 is 40.0 Å². The first-order chi connectivity index (χ1) is 14.3. The largest absolute Gasteiger partial charge is 0.497 e. The maximum absolute atomic E-state index is 12.5. The Labute approximate surface area is 202 Å². The van der Waals surface area contributed by atoms with Gasteiger partial charge in [0.25, 0.3) is 0 Å². The van der Waals surface area contributed by atoms with Gasteiger partial charge in [-0.05, 0) is 30.7 Å². The van der Waals surface area contributed by atoms with Gasteiger partial charge < -0.3 is 20.1 Å². The third-order valence-corrected chi connectivity index (χ3v) is 6.25. The first kappa shape index (κ1) is 27.0. The molecule has 0 amide bonds. The zero-order valence-corrected chi connectivity index (χ0v) is 21.6. The minimum atomic E-state index is -3.53. The SMILES string of the molecule is CN=C(NCc1ccccc1S(=O)(=O)N(C)C)NCC(C)Oc1cccc(OC)c1.I. The Morgan fingerprint density at radius 2 is 1.77 bits per heavy atom. The van der Waals surface area contributed by atoms with E-state index in [0.29, 0.717) is 24.6 Å². The molecule has 31 heavy (non-hydrogen) atoms. The minimum absolute atomic E-state index is 0. The molecule has 0 saturated carbocycles. The molecule has 0 saturated heterocycles. The molecule has 0 aliphatic rings. The number of aliphatic imine (C=N–C) groups is 1. The zero-order valence-electron chi connectivity index (χ0n) is 18.5. The molecule has 0 aliphatic heterocycles. The number of hydrogen-bond donors (Lipinski definition) is 2. The molecule has 0 spiro atoms. The molecule has 2 aromatic rings. The van der Waals surface area contributed by atoms with Gasteiger partial charge >= 0.3 is 0 Å². The maximum atomic E-state index is 12.5. The third-order valence-electron chi connectivity index (χ3n) is 4.34. The van der Waals surface area contributed by atoms with Crippen LogP contribution in [0.2, 0.25) is 0 Å². The molecule has 10 heteroatoms. The molecule has 172 valence electrons. The van der Waals surface area contributed by atoms with Crippen LogP contribution in [0.1, 0.15) is 12.5 Å². The van der Waals surface area contributed by atoms with E-state index >= 15 is 0 Å². The molecule has 8 nitrogen and oxygen atoms in total. The monoisotopic (exact) mass is 562 g/mol. The maximum Gasteiger partial charge on any atom is 0.242 e. The summed E-state index contributed by atoms with van der Waals surface area (Å²) in [5, 5.41) is 6.35. The summed E-state index contributed by atoms with van der Waals surface area (Å²) in [5.41, 5.74) is 0.662. The lowest BCUT2D eigenvalue weighted by Gasteiger charge is -2.19. The van der Waals surface area contributed by atoms with E-state index in [1.165, 1.54) is 18.4 Å². The van der Waals surface area contributed by atoms with E-state index in [1.807, 2.05) is 37.3 Å². The lowest BCUT2D eigenvalue weighted by Crippen LogP contribution is -2.41. The van der Waals surface area contributed by atoms with Crippen LogP contribution in [0.5, 0.6) is 11.5 Å². The van der Waals surface area contributed by atoms with Gasteiger partial charge in [0.05, 0.1) is 18.6 Å². The average Bonchev–Trinajstić information content (AvgIpc) is 2.74. The molecular formula is C21H31IN4O4S. The summed E-state index contributed by atoms with van der Waals surface area (Å²) in [4.78, 5) is 4.47. The number of rotatable bonds is 9. The van der Waals surface area contributed by atoms with Crippen molar-refractivity contribution in [1.29, 1.82) is 0 Å². The Morgan fingerprint density at radius 1 is 1.10 bits per heavy atom. The van der Waals surface area contributed by atoms with E-state index in [2.05, 4.69) is 15.6 Å². The quantitative estimate of drug-likeness (QED) is 0.278. The minimum Gasteiger partial charge on any atom is -0.497 e. The van der Waals surface area contributed by atoms with Crippen LogP contribution in [-0.2, 0) is 16.6 Å². The van der Waals surface area contributed by atoms with E-state index in [-0.39, 0.29) is 35.0 Å². The lowest BCUT2D eigenvalue weighted by atomic mass is 10.2. The molecule has 1 atom stereocenters. The number of sulfonamides is 1. The van der Waals surface area contributed by atoms with E-state index < -0.39 is 10.0 Å². The fraction of sp³-hybridized carbons (Fsp3) is 0.381. The molecule has 0 fully saturated rings. The lowest BCUT2D eigenvalue weighted by molar-refractivity contribution is 0.223. The standard InChI is InChI=1S/C21H30N4O4S.HI/c1-16(29-19-11-8-10-18(13-19)28-5)14-23-21(22-2)24-15-17-9-6-7-12-20(17)30(26,27)25(3)4;/h6-13,16H,14-15H2,1-5H3,(H2,22,23,24);1H. The summed E-state index contributed by atoms with van der Waals surface area (Å²) in [7, 11) is 2.78. The molecule has 0 bridgehead atoms. The van der Waals surface area contributed by atoms with E-state index in [4.69, 9.17) is 9.47 Å². The summed E-state index contributed by atoms with van der Waals surface area (Å²) >= 11 is 0. The average molecular weight is 562 g/mol. The topological polar surface area (TPSA) is 92.3 Å². The first-order valence-electron chi connectivity index (χ1n) is 9.53.